The minimum atomic E-state index is -0.872. The van der Waals surface area contributed by atoms with Crippen LogP contribution in [-0.4, -0.2) is 0 Å². The number of hydrogen-bond acceptors (Lipinski definition) is 2. The molecule has 16 heavy (non-hydrogen) atoms. The first-order chi connectivity index (χ1) is 7.66. The van der Waals surface area contributed by atoms with E-state index in [0.717, 1.165) is 16.6 Å². The van der Waals surface area contributed by atoms with Gasteiger partial charge in [-0.25, -0.2) is 8.78 Å². The highest BCUT2D eigenvalue weighted by atomic mass is 79.9. The van der Waals surface area contributed by atoms with Gasteiger partial charge < -0.3 is 9.73 Å². The minimum absolute atomic E-state index is 0.401. The highest BCUT2D eigenvalue weighted by Gasteiger charge is 2.05. The molecule has 0 bridgehead atoms. The van der Waals surface area contributed by atoms with E-state index in [9.17, 15) is 8.78 Å². The van der Waals surface area contributed by atoms with Gasteiger partial charge in [0.25, 0.3) is 0 Å². The second-order valence-corrected chi connectivity index (χ2v) is 4.03. The van der Waals surface area contributed by atoms with E-state index in [2.05, 4.69) is 21.2 Å². The Bertz CT molecular complexity index is 498. The maximum Gasteiger partial charge on any atom is 0.160 e. The van der Waals surface area contributed by atoms with E-state index < -0.39 is 11.6 Å². The first kappa shape index (κ1) is 11.1. The van der Waals surface area contributed by atoms with Gasteiger partial charge >= 0.3 is 0 Å². The molecule has 0 amide bonds. The van der Waals surface area contributed by atoms with Crippen molar-refractivity contribution in [2.45, 2.75) is 6.54 Å². The van der Waals surface area contributed by atoms with Crippen molar-refractivity contribution in [1.29, 1.82) is 0 Å². The van der Waals surface area contributed by atoms with Crippen molar-refractivity contribution in [2.75, 3.05) is 5.32 Å². The van der Waals surface area contributed by atoms with Crippen LogP contribution in [-0.2, 0) is 6.54 Å². The molecule has 0 aliphatic rings. The molecule has 0 aliphatic heterocycles. The molecule has 1 aromatic heterocycles. The van der Waals surface area contributed by atoms with Gasteiger partial charge in [0.05, 0.1) is 17.3 Å². The third-order valence-electron chi connectivity index (χ3n) is 2.06. The molecule has 84 valence electrons. The Kier molecular flexibility index (Phi) is 3.24. The lowest BCUT2D eigenvalue weighted by Gasteiger charge is -2.05. The number of halogens is 3. The van der Waals surface area contributed by atoms with Crippen LogP contribution in [0, 0.1) is 11.6 Å². The first-order valence-corrected chi connectivity index (χ1v) is 5.37. The van der Waals surface area contributed by atoms with Gasteiger partial charge in [0.15, 0.2) is 11.6 Å². The van der Waals surface area contributed by atoms with E-state index in [4.69, 9.17) is 4.42 Å². The van der Waals surface area contributed by atoms with Gasteiger partial charge in [-0.15, -0.1) is 0 Å². The maximum atomic E-state index is 12.9. The Morgan fingerprint density at radius 2 is 2.00 bits per heavy atom. The molecule has 0 radical (unpaired) electrons. The Hall–Kier alpha value is -1.36. The van der Waals surface area contributed by atoms with E-state index in [1.807, 2.05) is 0 Å². The SMILES string of the molecule is Fc1ccc(NCc2occc2Br)cc1F. The topological polar surface area (TPSA) is 25.2 Å². The van der Waals surface area contributed by atoms with Gasteiger partial charge in [-0.2, -0.15) is 0 Å². The molecule has 0 atom stereocenters. The third-order valence-corrected chi connectivity index (χ3v) is 2.77. The molecule has 2 nitrogen and oxygen atoms in total. The van der Waals surface area contributed by atoms with Crippen LogP contribution in [0.3, 0.4) is 0 Å². The average Bonchev–Trinajstić information content (AvgIpc) is 2.66. The van der Waals surface area contributed by atoms with Crippen LogP contribution < -0.4 is 5.32 Å². The summed E-state index contributed by atoms with van der Waals surface area (Å²) >= 11 is 3.30. The van der Waals surface area contributed by atoms with Crippen LogP contribution in [0.2, 0.25) is 0 Å². The van der Waals surface area contributed by atoms with Crippen molar-refractivity contribution in [3.8, 4) is 0 Å². The summed E-state index contributed by atoms with van der Waals surface area (Å²) in [6, 6.07) is 5.42. The smallest absolute Gasteiger partial charge is 0.160 e. The van der Waals surface area contributed by atoms with E-state index in [1.54, 1.807) is 12.3 Å². The Labute approximate surface area is 99.4 Å². The fourth-order valence-corrected chi connectivity index (χ4v) is 1.58. The zero-order valence-corrected chi connectivity index (χ0v) is 9.72. The molecule has 1 N–H and O–H groups in total. The highest BCUT2D eigenvalue weighted by Crippen LogP contribution is 2.19. The summed E-state index contributed by atoms with van der Waals surface area (Å²) in [5.74, 6) is -1.03. The molecular weight excluding hydrogens is 280 g/mol. The fraction of sp³-hybridized carbons (Fsp3) is 0.0909. The summed E-state index contributed by atoms with van der Waals surface area (Å²) in [4.78, 5) is 0. The zero-order chi connectivity index (χ0) is 11.5. The molecule has 1 aromatic carbocycles. The molecular formula is C11H8BrF2NO. The molecule has 1 heterocycles. The van der Waals surface area contributed by atoms with Crippen LogP contribution >= 0.6 is 15.9 Å². The average molecular weight is 288 g/mol. The van der Waals surface area contributed by atoms with E-state index in [1.165, 1.54) is 6.07 Å². The Balaban J connectivity index is 2.05. The molecule has 0 saturated heterocycles. The van der Waals surface area contributed by atoms with E-state index in [0.29, 0.717) is 18.0 Å². The Morgan fingerprint density at radius 3 is 2.62 bits per heavy atom. The van der Waals surface area contributed by atoms with Crippen molar-refractivity contribution in [3.05, 3.63) is 52.4 Å². The second kappa shape index (κ2) is 4.65. The van der Waals surface area contributed by atoms with Crippen LogP contribution in [0.5, 0.6) is 0 Å². The molecule has 0 aliphatic carbocycles. The van der Waals surface area contributed by atoms with Gasteiger partial charge in [-0.05, 0) is 34.1 Å². The lowest BCUT2D eigenvalue weighted by atomic mass is 10.3. The molecule has 0 fully saturated rings. The zero-order valence-electron chi connectivity index (χ0n) is 8.14. The normalized spacial score (nSPS) is 10.4. The summed E-state index contributed by atoms with van der Waals surface area (Å²) in [5.41, 5.74) is 0.502. The number of benzene rings is 1. The number of hydrogen-bond donors (Lipinski definition) is 1. The van der Waals surface area contributed by atoms with Gasteiger partial charge in [-0.3, -0.25) is 0 Å². The number of anilines is 1. The van der Waals surface area contributed by atoms with Crippen LogP contribution in [0.25, 0.3) is 0 Å². The molecule has 0 saturated carbocycles. The predicted octanol–water partition coefficient (Wildman–Crippen LogP) is 3.93. The Morgan fingerprint density at radius 1 is 1.19 bits per heavy atom. The summed E-state index contributed by atoms with van der Waals surface area (Å²) in [6.45, 7) is 0.401. The predicted molar refractivity (Wildman–Crippen MR) is 60.1 cm³/mol. The first-order valence-electron chi connectivity index (χ1n) is 4.57. The van der Waals surface area contributed by atoms with E-state index >= 15 is 0 Å². The van der Waals surface area contributed by atoms with Crippen LogP contribution in [0.4, 0.5) is 14.5 Å². The van der Waals surface area contributed by atoms with Crippen LogP contribution in [0.1, 0.15) is 5.76 Å². The van der Waals surface area contributed by atoms with Crippen LogP contribution in [0.15, 0.2) is 39.4 Å². The molecule has 2 rings (SSSR count). The standard InChI is InChI=1S/C11H8BrF2NO/c12-8-3-4-16-11(8)6-15-7-1-2-9(13)10(14)5-7/h1-5,15H,6H2. The molecule has 5 heteroatoms. The van der Waals surface area contributed by atoms with Crippen molar-refractivity contribution in [1.82, 2.24) is 0 Å². The van der Waals surface area contributed by atoms with E-state index in [-0.39, 0.29) is 0 Å². The van der Waals surface area contributed by atoms with Gasteiger partial charge in [-0.1, -0.05) is 0 Å². The molecule has 0 spiro atoms. The molecule has 2 aromatic rings. The summed E-state index contributed by atoms with van der Waals surface area (Å²) < 4.78 is 31.5. The summed E-state index contributed by atoms with van der Waals surface area (Å²) in [7, 11) is 0. The quantitative estimate of drug-likeness (QED) is 0.925. The van der Waals surface area contributed by atoms with Crippen molar-refractivity contribution >= 4 is 21.6 Å². The van der Waals surface area contributed by atoms with Crippen molar-refractivity contribution in [2.24, 2.45) is 0 Å². The largest absolute Gasteiger partial charge is 0.466 e. The van der Waals surface area contributed by atoms with Gasteiger partial charge in [0, 0.05) is 11.8 Å². The number of nitrogens with one attached hydrogen (secondary N) is 1. The van der Waals surface area contributed by atoms with Crippen molar-refractivity contribution in [3.63, 3.8) is 0 Å². The van der Waals surface area contributed by atoms with Crippen molar-refractivity contribution < 1.29 is 13.2 Å². The highest BCUT2D eigenvalue weighted by molar-refractivity contribution is 9.10. The van der Waals surface area contributed by atoms with Gasteiger partial charge in [0.1, 0.15) is 5.76 Å². The number of rotatable bonds is 3. The monoisotopic (exact) mass is 287 g/mol. The third kappa shape index (κ3) is 2.41. The lowest BCUT2D eigenvalue weighted by molar-refractivity contribution is 0.507. The fourth-order valence-electron chi connectivity index (χ4n) is 1.24. The van der Waals surface area contributed by atoms with Gasteiger partial charge in [0.2, 0.25) is 0 Å². The minimum Gasteiger partial charge on any atom is -0.466 e. The molecule has 0 unspecified atom stereocenters. The summed E-state index contributed by atoms with van der Waals surface area (Å²) in [5, 5.41) is 2.93. The maximum absolute atomic E-state index is 12.9. The lowest BCUT2D eigenvalue weighted by Crippen LogP contribution is -1.99. The summed E-state index contributed by atoms with van der Waals surface area (Å²) in [6.07, 6.45) is 1.55. The number of furan rings is 1. The second-order valence-electron chi connectivity index (χ2n) is 3.17.